The van der Waals surface area contributed by atoms with Gasteiger partial charge in [0.2, 0.25) is 0 Å². The van der Waals surface area contributed by atoms with Gasteiger partial charge in [0.1, 0.15) is 0 Å². The molecule has 0 bridgehead atoms. The standard InChI is InChI=1S/C19H20N2O3/c20-12-14-6-8-15(9-7-14)19(23)24-13-18(22)21(17-10-11-17)16-4-2-1-3-5-16/h4,6-9,17H,1-3,5,10-11,13H2. The van der Waals surface area contributed by atoms with Crippen molar-refractivity contribution in [2.45, 2.75) is 44.6 Å². The lowest BCUT2D eigenvalue weighted by Crippen LogP contribution is -2.36. The minimum atomic E-state index is -0.541. The zero-order valence-electron chi connectivity index (χ0n) is 13.5. The summed E-state index contributed by atoms with van der Waals surface area (Å²) in [6, 6.07) is 8.45. The van der Waals surface area contributed by atoms with Crippen molar-refractivity contribution in [2.75, 3.05) is 6.61 Å². The van der Waals surface area contributed by atoms with Crippen molar-refractivity contribution >= 4 is 11.9 Å². The monoisotopic (exact) mass is 324 g/mol. The first-order valence-electron chi connectivity index (χ1n) is 8.37. The molecule has 1 aromatic rings. The van der Waals surface area contributed by atoms with Crippen LogP contribution in [-0.4, -0.2) is 29.4 Å². The molecular weight excluding hydrogens is 304 g/mol. The summed E-state index contributed by atoms with van der Waals surface area (Å²) >= 11 is 0. The Morgan fingerprint density at radius 1 is 1.21 bits per heavy atom. The summed E-state index contributed by atoms with van der Waals surface area (Å²) in [6.45, 7) is -0.243. The van der Waals surface area contributed by atoms with Gasteiger partial charge in [0.15, 0.2) is 6.61 Å². The zero-order valence-corrected chi connectivity index (χ0v) is 13.5. The van der Waals surface area contributed by atoms with Gasteiger partial charge in [-0.25, -0.2) is 4.79 Å². The number of nitriles is 1. The summed E-state index contributed by atoms with van der Waals surface area (Å²) in [7, 11) is 0. The van der Waals surface area contributed by atoms with Gasteiger partial charge in [-0.15, -0.1) is 0 Å². The van der Waals surface area contributed by atoms with Crippen molar-refractivity contribution in [3.8, 4) is 6.07 Å². The molecule has 0 spiro atoms. The number of nitrogens with zero attached hydrogens (tertiary/aromatic N) is 2. The molecule has 0 unspecified atom stereocenters. The third-order valence-electron chi connectivity index (χ3n) is 4.33. The number of ether oxygens (including phenoxy) is 1. The first-order chi connectivity index (χ1) is 11.7. The zero-order chi connectivity index (χ0) is 16.9. The van der Waals surface area contributed by atoms with E-state index in [1.54, 1.807) is 12.1 Å². The second-order valence-corrected chi connectivity index (χ2v) is 6.20. The molecule has 0 aromatic heterocycles. The highest BCUT2D eigenvalue weighted by atomic mass is 16.5. The van der Waals surface area contributed by atoms with Crippen LogP contribution in [0.3, 0.4) is 0 Å². The van der Waals surface area contributed by atoms with Gasteiger partial charge < -0.3 is 9.64 Å². The molecule has 0 aliphatic heterocycles. The highest BCUT2D eigenvalue weighted by Crippen LogP contribution is 2.33. The fraction of sp³-hybridized carbons (Fsp3) is 0.421. The van der Waals surface area contributed by atoms with Gasteiger partial charge in [0, 0.05) is 11.7 Å². The lowest BCUT2D eigenvalue weighted by atomic mass is 10.0. The first kappa shape index (κ1) is 16.3. The molecule has 1 saturated carbocycles. The van der Waals surface area contributed by atoms with Gasteiger partial charge in [-0.1, -0.05) is 6.08 Å². The Hall–Kier alpha value is -2.61. The lowest BCUT2D eigenvalue weighted by Gasteiger charge is -2.27. The molecule has 1 amide bonds. The van der Waals surface area contributed by atoms with Gasteiger partial charge in [-0.3, -0.25) is 4.79 Å². The largest absolute Gasteiger partial charge is 0.452 e. The van der Waals surface area contributed by atoms with Gasteiger partial charge in [0.05, 0.1) is 17.2 Å². The molecule has 0 heterocycles. The molecule has 0 saturated heterocycles. The minimum absolute atomic E-state index is 0.146. The van der Waals surface area contributed by atoms with Crippen molar-refractivity contribution in [1.29, 1.82) is 5.26 Å². The van der Waals surface area contributed by atoms with Crippen molar-refractivity contribution in [2.24, 2.45) is 0 Å². The van der Waals surface area contributed by atoms with E-state index >= 15 is 0 Å². The average molecular weight is 324 g/mol. The molecule has 2 aliphatic carbocycles. The van der Waals surface area contributed by atoms with Crippen LogP contribution in [-0.2, 0) is 9.53 Å². The van der Waals surface area contributed by atoms with Gasteiger partial charge in [0.25, 0.3) is 5.91 Å². The Bertz CT molecular complexity index is 696. The molecule has 0 atom stereocenters. The summed E-state index contributed by atoms with van der Waals surface area (Å²) in [5.74, 6) is -0.686. The van der Waals surface area contributed by atoms with E-state index in [1.165, 1.54) is 18.6 Å². The summed E-state index contributed by atoms with van der Waals surface area (Å²) in [5, 5.41) is 8.76. The fourth-order valence-corrected chi connectivity index (χ4v) is 2.93. The second kappa shape index (κ2) is 7.31. The van der Waals surface area contributed by atoms with Crippen LogP contribution in [0.15, 0.2) is 36.0 Å². The van der Waals surface area contributed by atoms with E-state index < -0.39 is 5.97 Å². The Labute approximate surface area is 141 Å². The predicted molar refractivity (Wildman–Crippen MR) is 87.9 cm³/mol. The Balaban J connectivity index is 1.59. The molecule has 124 valence electrons. The third-order valence-corrected chi connectivity index (χ3v) is 4.33. The maximum absolute atomic E-state index is 12.5. The van der Waals surface area contributed by atoms with Crippen molar-refractivity contribution in [1.82, 2.24) is 4.90 Å². The van der Waals surface area contributed by atoms with Gasteiger partial charge in [-0.2, -0.15) is 5.26 Å². The maximum Gasteiger partial charge on any atom is 0.338 e. The molecule has 1 fully saturated rings. The van der Waals surface area contributed by atoms with Crippen LogP contribution in [0.25, 0.3) is 0 Å². The summed E-state index contributed by atoms with van der Waals surface area (Å²) in [4.78, 5) is 26.4. The highest BCUT2D eigenvalue weighted by Gasteiger charge is 2.35. The topological polar surface area (TPSA) is 70.4 Å². The molecule has 0 N–H and O–H groups in total. The smallest absolute Gasteiger partial charge is 0.338 e. The van der Waals surface area contributed by atoms with Crippen LogP contribution in [0.1, 0.15) is 54.4 Å². The molecule has 3 rings (SSSR count). The Morgan fingerprint density at radius 3 is 2.54 bits per heavy atom. The fourth-order valence-electron chi connectivity index (χ4n) is 2.93. The van der Waals surface area contributed by atoms with E-state index in [0.717, 1.165) is 37.8 Å². The Kier molecular flexibility index (Phi) is 4.95. The number of hydrogen-bond acceptors (Lipinski definition) is 4. The minimum Gasteiger partial charge on any atom is -0.452 e. The SMILES string of the molecule is N#Cc1ccc(C(=O)OCC(=O)N(C2=CCCCC2)C2CC2)cc1. The van der Waals surface area contributed by atoms with Crippen molar-refractivity contribution < 1.29 is 14.3 Å². The van der Waals surface area contributed by atoms with Crippen LogP contribution in [0, 0.1) is 11.3 Å². The van der Waals surface area contributed by atoms with Crippen LogP contribution in [0.5, 0.6) is 0 Å². The van der Waals surface area contributed by atoms with E-state index in [1.807, 2.05) is 11.0 Å². The van der Waals surface area contributed by atoms with E-state index in [4.69, 9.17) is 10.00 Å². The molecule has 5 nitrogen and oxygen atoms in total. The van der Waals surface area contributed by atoms with Crippen LogP contribution >= 0.6 is 0 Å². The van der Waals surface area contributed by atoms with E-state index in [9.17, 15) is 9.59 Å². The van der Waals surface area contributed by atoms with Gasteiger partial charge >= 0.3 is 5.97 Å². The highest BCUT2D eigenvalue weighted by molar-refractivity contribution is 5.91. The molecule has 2 aliphatic rings. The van der Waals surface area contributed by atoms with E-state index in [0.29, 0.717) is 11.1 Å². The Morgan fingerprint density at radius 2 is 1.96 bits per heavy atom. The van der Waals surface area contributed by atoms with E-state index in [-0.39, 0.29) is 18.6 Å². The van der Waals surface area contributed by atoms with E-state index in [2.05, 4.69) is 6.08 Å². The van der Waals surface area contributed by atoms with Crippen LogP contribution in [0.2, 0.25) is 0 Å². The number of hydrogen-bond donors (Lipinski definition) is 0. The molecule has 1 aromatic carbocycles. The molecule has 0 radical (unpaired) electrons. The number of carbonyl (C=O) groups excluding carboxylic acids is 2. The van der Waals surface area contributed by atoms with Crippen molar-refractivity contribution in [3.05, 3.63) is 47.2 Å². The number of esters is 1. The number of benzene rings is 1. The summed E-state index contributed by atoms with van der Waals surface area (Å²) in [6.07, 6.45) is 8.39. The number of amides is 1. The number of carbonyl (C=O) groups is 2. The molecule has 5 heteroatoms. The quantitative estimate of drug-likeness (QED) is 0.780. The molecule has 24 heavy (non-hydrogen) atoms. The average Bonchev–Trinajstić information content (AvgIpc) is 3.46. The van der Waals surface area contributed by atoms with Crippen LogP contribution in [0.4, 0.5) is 0 Å². The lowest BCUT2D eigenvalue weighted by molar-refractivity contribution is -0.133. The van der Waals surface area contributed by atoms with Crippen molar-refractivity contribution in [3.63, 3.8) is 0 Å². The summed E-state index contributed by atoms with van der Waals surface area (Å²) < 4.78 is 5.17. The van der Waals surface area contributed by atoms with Gasteiger partial charge in [-0.05, 0) is 62.8 Å². The molecular formula is C19H20N2O3. The van der Waals surface area contributed by atoms with Crippen LogP contribution < -0.4 is 0 Å². The number of rotatable bonds is 5. The first-order valence-corrected chi connectivity index (χ1v) is 8.37. The third kappa shape index (κ3) is 3.83. The summed E-state index contributed by atoms with van der Waals surface area (Å²) in [5.41, 5.74) is 1.91. The second-order valence-electron chi connectivity index (χ2n) is 6.20. The predicted octanol–water partition coefficient (Wildman–Crippen LogP) is 3.16. The normalized spacial score (nSPS) is 16.7. The maximum atomic E-state index is 12.5. The number of allylic oxidation sites excluding steroid dienone is 2.